The normalized spacial score (nSPS) is 10.8. The van der Waals surface area contributed by atoms with Crippen LogP contribution in [0.3, 0.4) is 0 Å². The molecule has 0 aliphatic heterocycles. The van der Waals surface area contributed by atoms with Crippen LogP contribution in [0.5, 0.6) is 0 Å². The Bertz CT molecular complexity index is 345. The van der Waals surface area contributed by atoms with Crippen LogP contribution in [0.2, 0.25) is 0 Å². The Kier molecular flexibility index (Phi) is 6.22. The van der Waals surface area contributed by atoms with Gasteiger partial charge in [0.1, 0.15) is 0 Å². The highest BCUT2D eigenvalue weighted by Crippen LogP contribution is 2.14. The Labute approximate surface area is 108 Å². The summed E-state index contributed by atoms with van der Waals surface area (Å²) in [4.78, 5) is 14.2. The molecule has 1 aromatic rings. The zero-order valence-corrected chi connectivity index (χ0v) is 11.7. The second-order valence-electron chi connectivity index (χ2n) is 4.20. The lowest BCUT2D eigenvalue weighted by atomic mass is 10.2. The zero-order valence-electron chi connectivity index (χ0n) is 10.9. The lowest BCUT2D eigenvalue weighted by molar-refractivity contribution is -0.121. The number of rotatable bonds is 7. The van der Waals surface area contributed by atoms with E-state index < -0.39 is 0 Å². The molecule has 0 bridgehead atoms. The molecule has 4 heteroatoms. The van der Waals surface area contributed by atoms with E-state index in [0.29, 0.717) is 12.6 Å². The molecule has 0 radical (unpaired) electrons. The second-order valence-corrected chi connectivity index (χ2v) is 5.57. The van der Waals surface area contributed by atoms with Crippen molar-refractivity contribution in [1.29, 1.82) is 0 Å². The van der Waals surface area contributed by atoms with Crippen LogP contribution in [0.15, 0.2) is 12.1 Å². The number of hydrogen-bond acceptors (Lipinski definition) is 3. The third-order valence-corrected chi connectivity index (χ3v) is 3.73. The van der Waals surface area contributed by atoms with Crippen LogP contribution in [0, 0.1) is 6.92 Å². The number of thiophene rings is 1. The van der Waals surface area contributed by atoms with E-state index in [1.165, 1.54) is 9.75 Å². The molecule has 1 aromatic heterocycles. The van der Waals surface area contributed by atoms with Crippen LogP contribution >= 0.6 is 11.3 Å². The lowest BCUT2D eigenvalue weighted by Crippen LogP contribution is -2.39. The number of aryl methyl sites for hydroxylation is 1. The minimum atomic E-state index is 0.0898. The Morgan fingerprint density at radius 3 is 2.59 bits per heavy atom. The summed E-state index contributed by atoms with van der Waals surface area (Å²) in [5.74, 6) is 0.0898. The molecule has 0 unspecified atom stereocenters. The van der Waals surface area contributed by atoms with Crippen molar-refractivity contribution in [3.8, 4) is 0 Å². The number of nitrogens with one attached hydrogen (secondary N) is 2. The first-order valence-electron chi connectivity index (χ1n) is 6.21. The summed E-state index contributed by atoms with van der Waals surface area (Å²) in [5, 5.41) is 6.18. The largest absolute Gasteiger partial charge is 0.352 e. The van der Waals surface area contributed by atoms with Crippen molar-refractivity contribution in [3.63, 3.8) is 0 Å². The van der Waals surface area contributed by atoms with Gasteiger partial charge in [-0.05, 0) is 31.9 Å². The molecule has 0 saturated heterocycles. The molecule has 0 spiro atoms. The Balaban J connectivity index is 2.20. The average Bonchev–Trinajstić information content (AvgIpc) is 2.72. The van der Waals surface area contributed by atoms with Gasteiger partial charge in [-0.2, -0.15) is 0 Å². The topological polar surface area (TPSA) is 41.1 Å². The molecule has 3 nitrogen and oxygen atoms in total. The van der Waals surface area contributed by atoms with Gasteiger partial charge in [-0.3, -0.25) is 4.79 Å². The molecule has 0 aromatic carbocycles. The van der Waals surface area contributed by atoms with E-state index in [4.69, 9.17) is 0 Å². The molecule has 1 amide bonds. The van der Waals surface area contributed by atoms with Crippen molar-refractivity contribution in [1.82, 2.24) is 10.6 Å². The fourth-order valence-corrected chi connectivity index (χ4v) is 2.51. The molecule has 1 heterocycles. The average molecular weight is 254 g/mol. The first-order chi connectivity index (χ1) is 8.15. The summed E-state index contributed by atoms with van der Waals surface area (Å²) in [7, 11) is 0. The van der Waals surface area contributed by atoms with Crippen molar-refractivity contribution >= 4 is 17.2 Å². The summed E-state index contributed by atoms with van der Waals surface area (Å²) in [6.45, 7) is 7.45. The van der Waals surface area contributed by atoms with Crippen molar-refractivity contribution in [2.75, 3.05) is 6.54 Å². The van der Waals surface area contributed by atoms with Crippen LogP contribution in [0.25, 0.3) is 0 Å². The smallest absolute Gasteiger partial charge is 0.234 e. The van der Waals surface area contributed by atoms with E-state index in [1.807, 2.05) is 0 Å². The highest BCUT2D eigenvalue weighted by atomic mass is 32.1. The number of carbonyl (C=O) groups excluding carboxylic acids is 1. The predicted octanol–water partition coefficient (Wildman–Crippen LogP) is 2.45. The third-order valence-electron chi connectivity index (χ3n) is 2.73. The van der Waals surface area contributed by atoms with Crippen molar-refractivity contribution in [2.45, 2.75) is 46.2 Å². The summed E-state index contributed by atoms with van der Waals surface area (Å²) in [6.07, 6.45) is 1.98. The molecule has 1 rings (SSSR count). The SMILES string of the molecule is CCC(CC)NC(=O)CNCc1ccc(C)s1. The van der Waals surface area contributed by atoms with Gasteiger partial charge < -0.3 is 10.6 Å². The van der Waals surface area contributed by atoms with Crippen LogP contribution in [-0.4, -0.2) is 18.5 Å². The fraction of sp³-hybridized carbons (Fsp3) is 0.615. The molecule has 0 atom stereocenters. The summed E-state index contributed by atoms with van der Waals surface area (Å²) in [5.41, 5.74) is 0. The number of carbonyl (C=O) groups is 1. The van der Waals surface area contributed by atoms with Gasteiger partial charge in [-0.15, -0.1) is 11.3 Å². The van der Waals surface area contributed by atoms with Gasteiger partial charge in [0.05, 0.1) is 6.54 Å². The van der Waals surface area contributed by atoms with Gasteiger partial charge in [0.15, 0.2) is 0 Å². The second kappa shape index (κ2) is 7.45. The van der Waals surface area contributed by atoms with Gasteiger partial charge in [0, 0.05) is 22.3 Å². The predicted molar refractivity (Wildman–Crippen MR) is 73.3 cm³/mol. The quantitative estimate of drug-likeness (QED) is 0.785. The Morgan fingerprint density at radius 1 is 1.35 bits per heavy atom. The van der Waals surface area contributed by atoms with Gasteiger partial charge in [0.25, 0.3) is 0 Å². The molecule has 0 aliphatic carbocycles. The summed E-state index contributed by atoms with van der Waals surface area (Å²) < 4.78 is 0. The maximum atomic E-state index is 11.6. The molecule has 17 heavy (non-hydrogen) atoms. The Hall–Kier alpha value is -0.870. The molecular weight excluding hydrogens is 232 g/mol. The summed E-state index contributed by atoms with van der Waals surface area (Å²) in [6, 6.07) is 4.52. The van der Waals surface area contributed by atoms with Crippen LogP contribution in [0.1, 0.15) is 36.4 Å². The van der Waals surface area contributed by atoms with E-state index in [2.05, 4.69) is 43.5 Å². The highest BCUT2D eigenvalue weighted by molar-refractivity contribution is 7.11. The minimum absolute atomic E-state index is 0.0898. The molecule has 96 valence electrons. The molecule has 2 N–H and O–H groups in total. The van der Waals surface area contributed by atoms with Crippen molar-refractivity contribution in [2.24, 2.45) is 0 Å². The molecule has 0 aliphatic rings. The van der Waals surface area contributed by atoms with E-state index >= 15 is 0 Å². The lowest BCUT2D eigenvalue weighted by Gasteiger charge is -2.14. The molecule has 0 fully saturated rings. The van der Waals surface area contributed by atoms with E-state index in [1.54, 1.807) is 11.3 Å². The van der Waals surface area contributed by atoms with Crippen molar-refractivity contribution in [3.05, 3.63) is 21.9 Å². The zero-order chi connectivity index (χ0) is 12.7. The van der Waals surface area contributed by atoms with Crippen LogP contribution in [0.4, 0.5) is 0 Å². The first-order valence-corrected chi connectivity index (χ1v) is 7.02. The number of amides is 1. The molecule has 0 saturated carbocycles. The van der Waals surface area contributed by atoms with E-state index in [0.717, 1.165) is 19.4 Å². The molecular formula is C13H22N2OS. The Morgan fingerprint density at radius 2 is 2.06 bits per heavy atom. The van der Waals surface area contributed by atoms with E-state index in [-0.39, 0.29) is 5.91 Å². The minimum Gasteiger partial charge on any atom is -0.352 e. The van der Waals surface area contributed by atoms with Crippen molar-refractivity contribution < 1.29 is 4.79 Å². The highest BCUT2D eigenvalue weighted by Gasteiger charge is 2.07. The first kappa shape index (κ1) is 14.2. The van der Waals surface area contributed by atoms with Crippen LogP contribution in [-0.2, 0) is 11.3 Å². The maximum absolute atomic E-state index is 11.6. The van der Waals surface area contributed by atoms with Gasteiger partial charge in [-0.1, -0.05) is 13.8 Å². The summed E-state index contributed by atoms with van der Waals surface area (Å²) >= 11 is 1.77. The van der Waals surface area contributed by atoms with Gasteiger partial charge >= 0.3 is 0 Å². The fourth-order valence-electron chi connectivity index (χ4n) is 1.65. The monoisotopic (exact) mass is 254 g/mol. The van der Waals surface area contributed by atoms with E-state index in [9.17, 15) is 4.79 Å². The van der Waals surface area contributed by atoms with Gasteiger partial charge in [-0.25, -0.2) is 0 Å². The van der Waals surface area contributed by atoms with Gasteiger partial charge in [0.2, 0.25) is 5.91 Å². The number of hydrogen-bond donors (Lipinski definition) is 2. The standard InChI is InChI=1S/C13H22N2OS/c1-4-11(5-2)15-13(16)9-14-8-12-7-6-10(3)17-12/h6-7,11,14H,4-5,8-9H2,1-3H3,(H,15,16). The maximum Gasteiger partial charge on any atom is 0.234 e. The third kappa shape index (κ3) is 5.33. The van der Waals surface area contributed by atoms with Crippen LogP contribution < -0.4 is 10.6 Å².